The van der Waals surface area contributed by atoms with Gasteiger partial charge < -0.3 is 9.47 Å². The average Bonchev–Trinajstić information content (AvgIpc) is 3.07. The number of hydrogen-bond donors (Lipinski definition) is 0. The Morgan fingerprint density at radius 1 is 1.05 bits per heavy atom. The van der Waals surface area contributed by atoms with Crippen LogP contribution in [-0.4, -0.2) is 33.4 Å². The molecule has 0 radical (unpaired) electrons. The van der Waals surface area contributed by atoms with Gasteiger partial charge in [0.2, 0.25) is 5.91 Å². The first-order valence-corrected chi connectivity index (χ1v) is 9.05. The van der Waals surface area contributed by atoms with E-state index in [-0.39, 0.29) is 0 Å². The van der Waals surface area contributed by atoms with E-state index < -0.39 is 0 Å². The Morgan fingerprint density at radius 2 is 1.82 bits per heavy atom. The van der Waals surface area contributed by atoms with E-state index in [4.69, 9.17) is 0 Å². The average molecular weight is 303 g/mol. The van der Waals surface area contributed by atoms with Crippen LogP contribution in [0, 0.1) is 11.8 Å². The van der Waals surface area contributed by atoms with E-state index >= 15 is 0 Å². The molecule has 3 rings (SSSR count). The zero-order chi connectivity index (χ0) is 15.2. The molecular formula is C18H29N3O. The summed E-state index contributed by atoms with van der Waals surface area (Å²) in [5.41, 5.74) is 0. The van der Waals surface area contributed by atoms with Crippen LogP contribution in [0.1, 0.15) is 57.8 Å². The summed E-state index contributed by atoms with van der Waals surface area (Å²) in [7, 11) is 0. The molecule has 0 spiro atoms. The largest absolute Gasteiger partial charge is 0.343 e. The van der Waals surface area contributed by atoms with Crippen molar-refractivity contribution in [2.45, 2.75) is 64.3 Å². The summed E-state index contributed by atoms with van der Waals surface area (Å²) in [6.45, 7) is 2.94. The highest BCUT2D eigenvalue weighted by Gasteiger charge is 2.23. The van der Waals surface area contributed by atoms with Crippen LogP contribution < -0.4 is 0 Å². The molecule has 2 aliphatic rings. The summed E-state index contributed by atoms with van der Waals surface area (Å²) in [6, 6.07) is 0. The molecule has 1 aromatic heterocycles. The number of imidazole rings is 1. The fourth-order valence-corrected chi connectivity index (χ4v) is 4.02. The first-order valence-electron chi connectivity index (χ1n) is 9.05. The zero-order valence-electron chi connectivity index (χ0n) is 13.6. The van der Waals surface area contributed by atoms with Gasteiger partial charge in [0.1, 0.15) is 0 Å². The van der Waals surface area contributed by atoms with Crippen LogP contribution in [0.2, 0.25) is 0 Å². The Labute approximate surface area is 133 Å². The summed E-state index contributed by atoms with van der Waals surface area (Å²) in [6.07, 6.45) is 16.8. The van der Waals surface area contributed by atoms with Crippen LogP contribution in [0.15, 0.2) is 18.7 Å². The SMILES string of the molecule is O=C(CCC1CCCCC1)N1CCC(Cn2ccnc2)CC1. The van der Waals surface area contributed by atoms with E-state index in [1.165, 1.54) is 32.1 Å². The van der Waals surface area contributed by atoms with Crippen molar-refractivity contribution < 1.29 is 4.79 Å². The molecule has 2 heterocycles. The molecule has 22 heavy (non-hydrogen) atoms. The number of aromatic nitrogens is 2. The molecule has 0 unspecified atom stereocenters. The molecule has 4 heteroatoms. The zero-order valence-corrected chi connectivity index (χ0v) is 13.6. The van der Waals surface area contributed by atoms with Gasteiger partial charge in [-0.25, -0.2) is 4.98 Å². The van der Waals surface area contributed by atoms with Gasteiger partial charge in [-0.1, -0.05) is 32.1 Å². The molecule has 1 amide bonds. The lowest BCUT2D eigenvalue weighted by atomic mass is 9.86. The minimum absolute atomic E-state index is 0.395. The van der Waals surface area contributed by atoms with Crippen molar-refractivity contribution in [2.75, 3.05) is 13.1 Å². The van der Waals surface area contributed by atoms with Gasteiger partial charge in [0, 0.05) is 38.4 Å². The van der Waals surface area contributed by atoms with Crippen LogP contribution in [0.4, 0.5) is 0 Å². The quantitative estimate of drug-likeness (QED) is 0.835. The Kier molecular flexibility index (Phi) is 5.52. The summed E-state index contributed by atoms with van der Waals surface area (Å²) in [5, 5.41) is 0. The summed E-state index contributed by atoms with van der Waals surface area (Å²) >= 11 is 0. The van der Waals surface area contributed by atoms with Crippen LogP contribution >= 0.6 is 0 Å². The molecule has 1 saturated carbocycles. The maximum atomic E-state index is 12.4. The Morgan fingerprint density at radius 3 is 2.50 bits per heavy atom. The van der Waals surface area contributed by atoms with Gasteiger partial charge >= 0.3 is 0 Å². The first-order chi connectivity index (χ1) is 10.8. The maximum absolute atomic E-state index is 12.4. The predicted octanol–water partition coefficient (Wildman–Crippen LogP) is 3.48. The third kappa shape index (κ3) is 4.34. The molecule has 1 aliphatic carbocycles. The topological polar surface area (TPSA) is 38.1 Å². The Balaban J connectivity index is 1.36. The highest BCUT2D eigenvalue weighted by atomic mass is 16.2. The fraction of sp³-hybridized carbons (Fsp3) is 0.778. The van der Waals surface area contributed by atoms with E-state index in [1.54, 1.807) is 0 Å². The third-order valence-corrected chi connectivity index (χ3v) is 5.49. The Bertz CT molecular complexity index is 443. The molecule has 0 N–H and O–H groups in total. The number of carbonyl (C=O) groups is 1. The van der Waals surface area contributed by atoms with E-state index in [1.807, 2.05) is 18.7 Å². The molecule has 0 bridgehead atoms. The molecule has 2 fully saturated rings. The van der Waals surface area contributed by atoms with E-state index in [0.29, 0.717) is 11.8 Å². The van der Waals surface area contributed by atoms with Crippen molar-refractivity contribution in [3.63, 3.8) is 0 Å². The van der Waals surface area contributed by atoms with Gasteiger partial charge in [-0.3, -0.25) is 4.79 Å². The van der Waals surface area contributed by atoms with Gasteiger partial charge in [-0.15, -0.1) is 0 Å². The number of hydrogen-bond acceptors (Lipinski definition) is 2. The maximum Gasteiger partial charge on any atom is 0.222 e. The molecule has 4 nitrogen and oxygen atoms in total. The second-order valence-corrected chi connectivity index (χ2v) is 7.13. The number of piperidine rings is 1. The minimum atomic E-state index is 0.395. The number of likely N-dealkylation sites (tertiary alicyclic amines) is 1. The summed E-state index contributed by atoms with van der Waals surface area (Å²) in [5.74, 6) is 1.90. The van der Waals surface area contributed by atoms with Crippen LogP contribution in [0.25, 0.3) is 0 Å². The lowest BCUT2D eigenvalue weighted by Gasteiger charge is -2.32. The molecule has 1 aromatic rings. The molecular weight excluding hydrogens is 274 g/mol. The van der Waals surface area contributed by atoms with E-state index in [2.05, 4.69) is 14.5 Å². The van der Waals surface area contributed by atoms with Gasteiger partial charge in [-0.05, 0) is 31.1 Å². The second-order valence-electron chi connectivity index (χ2n) is 7.13. The minimum Gasteiger partial charge on any atom is -0.343 e. The Hall–Kier alpha value is -1.32. The monoisotopic (exact) mass is 303 g/mol. The lowest BCUT2D eigenvalue weighted by molar-refractivity contribution is -0.133. The summed E-state index contributed by atoms with van der Waals surface area (Å²) < 4.78 is 2.16. The van der Waals surface area contributed by atoms with Gasteiger partial charge in [0.05, 0.1) is 6.33 Å². The van der Waals surface area contributed by atoms with Crippen LogP contribution in [-0.2, 0) is 11.3 Å². The van der Waals surface area contributed by atoms with E-state index in [9.17, 15) is 4.79 Å². The fourth-order valence-electron chi connectivity index (χ4n) is 4.02. The molecule has 0 aromatic carbocycles. The molecule has 1 aliphatic heterocycles. The standard InChI is InChI=1S/C18H29N3O/c22-18(7-6-16-4-2-1-3-5-16)21-11-8-17(9-12-21)14-20-13-10-19-15-20/h10,13,15-17H,1-9,11-12,14H2. The molecule has 1 saturated heterocycles. The van der Waals surface area contributed by atoms with E-state index in [0.717, 1.165) is 51.2 Å². The number of carbonyl (C=O) groups excluding carboxylic acids is 1. The van der Waals surface area contributed by atoms with Crippen molar-refractivity contribution in [3.05, 3.63) is 18.7 Å². The van der Waals surface area contributed by atoms with Crippen molar-refractivity contribution in [1.29, 1.82) is 0 Å². The van der Waals surface area contributed by atoms with Crippen molar-refractivity contribution in [2.24, 2.45) is 11.8 Å². The van der Waals surface area contributed by atoms with Crippen molar-refractivity contribution in [1.82, 2.24) is 14.5 Å². The first kappa shape index (κ1) is 15.6. The molecule has 0 atom stereocenters. The van der Waals surface area contributed by atoms with Crippen LogP contribution in [0.3, 0.4) is 0 Å². The van der Waals surface area contributed by atoms with Gasteiger partial charge in [0.15, 0.2) is 0 Å². The van der Waals surface area contributed by atoms with Crippen molar-refractivity contribution >= 4 is 5.91 Å². The number of nitrogens with zero attached hydrogens (tertiary/aromatic N) is 3. The van der Waals surface area contributed by atoms with Gasteiger partial charge in [0.25, 0.3) is 0 Å². The lowest BCUT2D eigenvalue weighted by Crippen LogP contribution is -2.39. The van der Waals surface area contributed by atoms with Crippen molar-refractivity contribution in [3.8, 4) is 0 Å². The predicted molar refractivity (Wildman–Crippen MR) is 87.3 cm³/mol. The summed E-state index contributed by atoms with van der Waals surface area (Å²) in [4.78, 5) is 18.6. The number of rotatable bonds is 5. The second kappa shape index (κ2) is 7.80. The highest BCUT2D eigenvalue weighted by Crippen LogP contribution is 2.28. The third-order valence-electron chi connectivity index (χ3n) is 5.49. The van der Waals surface area contributed by atoms with Gasteiger partial charge in [-0.2, -0.15) is 0 Å². The molecule has 122 valence electrons. The number of amides is 1. The smallest absolute Gasteiger partial charge is 0.222 e. The normalized spacial score (nSPS) is 21.2. The highest BCUT2D eigenvalue weighted by molar-refractivity contribution is 5.76. The van der Waals surface area contributed by atoms with Crippen LogP contribution in [0.5, 0.6) is 0 Å².